The second-order valence-electron chi connectivity index (χ2n) is 3.76. The molecule has 1 aromatic rings. The molecule has 5 heteroatoms. The molecule has 3 amide bonds. The molecule has 0 aliphatic carbocycles. The Kier molecular flexibility index (Phi) is 2.63. The largest absolute Gasteiger partial charge is 0.322 e. The van der Waals surface area contributed by atoms with Crippen molar-refractivity contribution in [3.05, 3.63) is 29.8 Å². The van der Waals surface area contributed by atoms with E-state index in [1.54, 1.807) is 18.7 Å². The van der Waals surface area contributed by atoms with Crippen LogP contribution in [-0.4, -0.2) is 18.2 Å². The molecule has 1 atom stereocenters. The van der Waals surface area contributed by atoms with Gasteiger partial charge >= 0.3 is 6.03 Å². The van der Waals surface area contributed by atoms with Gasteiger partial charge in [-0.1, -0.05) is 12.1 Å². The van der Waals surface area contributed by atoms with Crippen molar-refractivity contribution in [2.45, 2.75) is 17.4 Å². The Labute approximate surface area is 97.8 Å². The third-order valence-electron chi connectivity index (χ3n) is 2.71. The van der Waals surface area contributed by atoms with Crippen molar-refractivity contribution in [3.8, 4) is 0 Å². The van der Waals surface area contributed by atoms with Crippen LogP contribution in [-0.2, 0) is 10.3 Å². The molecular formula is C11H12N2O2S. The first kappa shape index (κ1) is 11.0. The van der Waals surface area contributed by atoms with E-state index in [4.69, 9.17) is 0 Å². The lowest BCUT2D eigenvalue weighted by Crippen LogP contribution is -2.40. The summed E-state index contributed by atoms with van der Waals surface area (Å²) in [6.45, 7) is 1.70. The number of hydrogen-bond acceptors (Lipinski definition) is 3. The van der Waals surface area contributed by atoms with Gasteiger partial charge in [0.25, 0.3) is 5.91 Å². The smallest absolute Gasteiger partial charge is 0.320 e. The van der Waals surface area contributed by atoms with E-state index in [-0.39, 0.29) is 5.91 Å². The van der Waals surface area contributed by atoms with Crippen molar-refractivity contribution in [3.63, 3.8) is 0 Å². The van der Waals surface area contributed by atoms with E-state index in [0.29, 0.717) is 0 Å². The standard InChI is InChI=1S/C11H12N2O2S/c1-11(9(14)12-10(15)13-11)7-3-5-8(16-2)6-4-7/h3-6H,1-2H3,(H2,12,13,14,15). The summed E-state index contributed by atoms with van der Waals surface area (Å²) in [4.78, 5) is 23.9. The van der Waals surface area contributed by atoms with Crippen LogP contribution in [0.1, 0.15) is 12.5 Å². The predicted octanol–water partition coefficient (Wildman–Crippen LogP) is 1.46. The van der Waals surface area contributed by atoms with Gasteiger partial charge in [-0.3, -0.25) is 10.1 Å². The van der Waals surface area contributed by atoms with Crippen LogP contribution in [0.25, 0.3) is 0 Å². The Hall–Kier alpha value is -1.49. The van der Waals surface area contributed by atoms with Gasteiger partial charge in [-0.25, -0.2) is 4.79 Å². The van der Waals surface area contributed by atoms with Gasteiger partial charge in [0.2, 0.25) is 0 Å². The molecule has 1 aliphatic heterocycles. The maximum absolute atomic E-state index is 11.7. The van der Waals surface area contributed by atoms with Crippen molar-refractivity contribution in [2.24, 2.45) is 0 Å². The molecular weight excluding hydrogens is 224 g/mol. The highest BCUT2D eigenvalue weighted by molar-refractivity contribution is 7.98. The molecule has 1 heterocycles. The number of hydrogen-bond donors (Lipinski definition) is 2. The summed E-state index contributed by atoms with van der Waals surface area (Å²) in [7, 11) is 0. The summed E-state index contributed by atoms with van der Waals surface area (Å²) in [5.41, 5.74) is -0.165. The Morgan fingerprint density at radius 2 is 1.81 bits per heavy atom. The summed E-state index contributed by atoms with van der Waals surface area (Å²) in [5.74, 6) is -0.311. The molecule has 2 N–H and O–H groups in total. The average Bonchev–Trinajstić information content (AvgIpc) is 2.54. The van der Waals surface area contributed by atoms with E-state index in [9.17, 15) is 9.59 Å². The Morgan fingerprint density at radius 3 is 2.25 bits per heavy atom. The summed E-state index contributed by atoms with van der Waals surface area (Å²) in [5, 5.41) is 4.87. The van der Waals surface area contributed by atoms with Gasteiger partial charge in [0.05, 0.1) is 0 Å². The average molecular weight is 236 g/mol. The maximum atomic E-state index is 11.7. The zero-order valence-electron chi connectivity index (χ0n) is 9.03. The minimum absolute atomic E-state index is 0.311. The number of rotatable bonds is 2. The zero-order chi connectivity index (χ0) is 11.8. The van der Waals surface area contributed by atoms with Gasteiger partial charge in [-0.05, 0) is 30.9 Å². The highest BCUT2D eigenvalue weighted by Crippen LogP contribution is 2.26. The Bertz CT molecular complexity index is 444. The van der Waals surface area contributed by atoms with Crippen molar-refractivity contribution < 1.29 is 9.59 Å². The van der Waals surface area contributed by atoms with Gasteiger partial charge in [0.15, 0.2) is 0 Å². The van der Waals surface area contributed by atoms with Gasteiger partial charge in [-0.2, -0.15) is 0 Å². The van der Waals surface area contributed by atoms with Crippen LogP contribution < -0.4 is 10.6 Å². The van der Waals surface area contributed by atoms with Crippen LogP contribution in [0.5, 0.6) is 0 Å². The summed E-state index contributed by atoms with van der Waals surface area (Å²) >= 11 is 1.63. The second kappa shape index (κ2) is 3.83. The fraction of sp³-hybridized carbons (Fsp3) is 0.273. The molecule has 0 aromatic heterocycles. The minimum Gasteiger partial charge on any atom is -0.320 e. The Balaban J connectivity index is 2.36. The van der Waals surface area contributed by atoms with Crippen LogP contribution in [0.3, 0.4) is 0 Å². The van der Waals surface area contributed by atoms with E-state index in [0.717, 1.165) is 10.5 Å². The quantitative estimate of drug-likeness (QED) is 0.604. The first-order valence-corrected chi connectivity index (χ1v) is 6.07. The highest BCUT2D eigenvalue weighted by atomic mass is 32.2. The first-order chi connectivity index (χ1) is 7.56. The first-order valence-electron chi connectivity index (χ1n) is 4.84. The SMILES string of the molecule is CSc1ccc(C2(C)NC(=O)NC2=O)cc1. The van der Waals surface area contributed by atoms with Gasteiger partial charge in [0, 0.05) is 4.90 Å². The van der Waals surface area contributed by atoms with Crippen LogP contribution in [0, 0.1) is 0 Å². The van der Waals surface area contributed by atoms with Crippen molar-refractivity contribution >= 4 is 23.7 Å². The highest BCUT2D eigenvalue weighted by Gasteiger charge is 2.43. The van der Waals surface area contributed by atoms with Gasteiger partial charge < -0.3 is 5.32 Å². The molecule has 84 valence electrons. The van der Waals surface area contributed by atoms with E-state index in [2.05, 4.69) is 10.6 Å². The number of amides is 3. The van der Waals surface area contributed by atoms with Crippen LogP contribution in [0.2, 0.25) is 0 Å². The molecule has 1 fully saturated rings. The van der Waals surface area contributed by atoms with E-state index < -0.39 is 11.6 Å². The molecule has 1 aromatic carbocycles. The number of thioether (sulfide) groups is 1. The third-order valence-corrected chi connectivity index (χ3v) is 3.46. The van der Waals surface area contributed by atoms with Gasteiger partial charge in [-0.15, -0.1) is 11.8 Å². The maximum Gasteiger partial charge on any atom is 0.322 e. The van der Waals surface area contributed by atoms with Crippen molar-refractivity contribution in [1.29, 1.82) is 0 Å². The fourth-order valence-electron chi connectivity index (χ4n) is 1.67. The minimum atomic E-state index is -0.950. The molecule has 2 rings (SSSR count). The van der Waals surface area contributed by atoms with Crippen LogP contribution >= 0.6 is 11.8 Å². The lowest BCUT2D eigenvalue weighted by Gasteiger charge is -2.21. The third kappa shape index (κ3) is 1.67. The number of carbonyl (C=O) groups excluding carboxylic acids is 2. The Morgan fingerprint density at radius 1 is 1.19 bits per heavy atom. The monoisotopic (exact) mass is 236 g/mol. The molecule has 1 unspecified atom stereocenters. The normalized spacial score (nSPS) is 24.1. The lowest BCUT2D eigenvalue weighted by atomic mass is 9.92. The predicted molar refractivity (Wildman–Crippen MR) is 62.2 cm³/mol. The number of imide groups is 1. The summed E-state index contributed by atoms with van der Waals surface area (Å²) in [6.07, 6.45) is 1.99. The van der Waals surface area contributed by atoms with E-state index in [1.807, 2.05) is 30.5 Å². The molecule has 0 spiro atoms. The topological polar surface area (TPSA) is 58.2 Å². The molecule has 1 saturated heterocycles. The number of urea groups is 1. The zero-order valence-corrected chi connectivity index (χ0v) is 9.85. The van der Waals surface area contributed by atoms with Crippen molar-refractivity contribution in [2.75, 3.05) is 6.26 Å². The molecule has 1 aliphatic rings. The number of nitrogens with one attached hydrogen (secondary N) is 2. The summed E-state index contributed by atoms with van der Waals surface area (Å²) < 4.78 is 0. The van der Waals surface area contributed by atoms with Crippen LogP contribution in [0.15, 0.2) is 29.2 Å². The second-order valence-corrected chi connectivity index (χ2v) is 4.64. The molecule has 0 radical (unpaired) electrons. The van der Waals surface area contributed by atoms with Crippen LogP contribution in [0.4, 0.5) is 4.79 Å². The van der Waals surface area contributed by atoms with E-state index in [1.165, 1.54) is 0 Å². The van der Waals surface area contributed by atoms with Crippen molar-refractivity contribution in [1.82, 2.24) is 10.6 Å². The summed E-state index contributed by atoms with van der Waals surface area (Å²) in [6, 6.07) is 7.14. The molecule has 0 saturated carbocycles. The molecule has 4 nitrogen and oxygen atoms in total. The number of carbonyl (C=O) groups is 2. The lowest BCUT2D eigenvalue weighted by molar-refractivity contribution is -0.123. The van der Waals surface area contributed by atoms with E-state index >= 15 is 0 Å². The molecule has 16 heavy (non-hydrogen) atoms. The van der Waals surface area contributed by atoms with Gasteiger partial charge in [0.1, 0.15) is 5.54 Å². The molecule has 0 bridgehead atoms. The number of benzene rings is 1. The fourth-order valence-corrected chi connectivity index (χ4v) is 2.08.